The molecule has 3 nitrogen and oxygen atoms in total. The Hall–Kier alpha value is -1.40. The van der Waals surface area contributed by atoms with Crippen molar-refractivity contribution in [1.82, 2.24) is 4.57 Å². The summed E-state index contributed by atoms with van der Waals surface area (Å²) in [6.07, 6.45) is 0. The Kier molecular flexibility index (Phi) is 3.07. The van der Waals surface area contributed by atoms with E-state index in [1.807, 2.05) is 0 Å². The van der Waals surface area contributed by atoms with E-state index in [0.29, 0.717) is 0 Å². The molecule has 0 amide bonds. The van der Waals surface area contributed by atoms with Crippen molar-refractivity contribution >= 4 is 18.4 Å². The lowest BCUT2D eigenvalue weighted by Gasteiger charge is -2.16. The van der Waals surface area contributed by atoms with Gasteiger partial charge in [-0.15, -0.1) is 0 Å². The number of rotatable bonds is 2. The van der Waals surface area contributed by atoms with Crippen LogP contribution < -0.4 is 5.46 Å². The minimum Gasteiger partial charge on any atom is -0.465 e. The number of hydrogen-bond donors (Lipinski definition) is 0. The molecule has 7 heteroatoms. The highest BCUT2D eigenvalue weighted by Crippen LogP contribution is 2.20. The number of methoxy groups -OCH3 is 1. The van der Waals surface area contributed by atoms with E-state index in [1.165, 1.54) is 25.5 Å². The first-order valence-corrected chi connectivity index (χ1v) is 4.65. The summed E-state index contributed by atoms with van der Waals surface area (Å²) < 4.78 is 44.2. The van der Waals surface area contributed by atoms with Crippen molar-refractivity contribution < 1.29 is 22.5 Å². The van der Waals surface area contributed by atoms with Crippen LogP contribution in [0.1, 0.15) is 21.7 Å². The van der Waals surface area contributed by atoms with E-state index in [0.717, 1.165) is 7.11 Å². The van der Waals surface area contributed by atoms with Crippen molar-refractivity contribution in [2.24, 2.45) is 7.05 Å². The normalized spacial score (nSPS) is 11.7. The predicted molar refractivity (Wildman–Crippen MR) is 54.9 cm³/mol. The molecule has 0 saturated heterocycles. The topological polar surface area (TPSA) is 31.2 Å². The summed E-state index contributed by atoms with van der Waals surface area (Å²) in [5.41, 5.74) is -0.939. The van der Waals surface area contributed by atoms with Gasteiger partial charge in [-0.2, -0.15) is 0 Å². The van der Waals surface area contributed by atoms with E-state index >= 15 is 0 Å². The number of aromatic nitrogens is 1. The van der Waals surface area contributed by atoms with Crippen LogP contribution in [0.25, 0.3) is 0 Å². The molecule has 16 heavy (non-hydrogen) atoms. The van der Waals surface area contributed by atoms with E-state index in [1.54, 1.807) is 0 Å². The van der Waals surface area contributed by atoms with Crippen molar-refractivity contribution in [3.05, 3.63) is 17.0 Å². The standard InChI is InChI=1S/C9H12BF3NO2/c1-5-7(9(15)16-4)8(10(11,12)13)6(2)14(5)3/h1-4H3/q-1. The summed E-state index contributed by atoms with van der Waals surface area (Å²) in [5, 5.41) is 0. The van der Waals surface area contributed by atoms with E-state index in [9.17, 15) is 17.7 Å². The Morgan fingerprint density at radius 3 is 2.12 bits per heavy atom. The fourth-order valence-electron chi connectivity index (χ4n) is 1.74. The van der Waals surface area contributed by atoms with Gasteiger partial charge in [0.2, 0.25) is 0 Å². The quantitative estimate of drug-likeness (QED) is 0.573. The van der Waals surface area contributed by atoms with Gasteiger partial charge in [0.1, 0.15) is 0 Å². The van der Waals surface area contributed by atoms with Gasteiger partial charge in [0.15, 0.2) is 0 Å². The Balaban J connectivity index is 3.58. The van der Waals surface area contributed by atoms with Gasteiger partial charge < -0.3 is 22.3 Å². The lowest BCUT2D eigenvalue weighted by atomic mass is 9.77. The number of hydrogen-bond acceptors (Lipinski definition) is 2. The van der Waals surface area contributed by atoms with Crippen molar-refractivity contribution in [1.29, 1.82) is 0 Å². The molecule has 0 N–H and O–H groups in total. The smallest absolute Gasteiger partial charge is 0.465 e. The Bertz CT molecular complexity index is 437. The summed E-state index contributed by atoms with van der Waals surface area (Å²) in [6, 6.07) is 0. The number of ether oxygens (including phenoxy) is 1. The van der Waals surface area contributed by atoms with Crippen LogP contribution in [0.4, 0.5) is 12.9 Å². The lowest BCUT2D eigenvalue weighted by molar-refractivity contribution is 0.0600. The van der Waals surface area contributed by atoms with Gasteiger partial charge in [0.05, 0.1) is 12.7 Å². The third-order valence-corrected chi connectivity index (χ3v) is 2.74. The zero-order chi connectivity index (χ0) is 12.7. The molecule has 0 bridgehead atoms. The molecule has 0 radical (unpaired) electrons. The van der Waals surface area contributed by atoms with Crippen LogP contribution in [-0.2, 0) is 11.8 Å². The molecule has 0 aromatic carbocycles. The minimum absolute atomic E-state index is 0.0328. The first kappa shape index (κ1) is 12.7. The highest BCUT2D eigenvalue weighted by Gasteiger charge is 2.36. The molecule has 0 aliphatic rings. The highest BCUT2D eigenvalue weighted by molar-refractivity contribution is 6.75. The summed E-state index contributed by atoms with van der Waals surface area (Å²) in [7, 11) is 2.56. The Morgan fingerprint density at radius 2 is 1.75 bits per heavy atom. The van der Waals surface area contributed by atoms with Crippen LogP contribution in [-0.4, -0.2) is 24.6 Å². The molecular weight excluding hydrogens is 222 g/mol. The van der Waals surface area contributed by atoms with E-state index < -0.39 is 18.4 Å². The summed E-state index contributed by atoms with van der Waals surface area (Å²) in [5.74, 6) is -0.949. The average molecular weight is 234 g/mol. The lowest BCUT2D eigenvalue weighted by Crippen LogP contribution is -2.39. The van der Waals surface area contributed by atoms with Gasteiger partial charge in [0.25, 0.3) is 0 Å². The van der Waals surface area contributed by atoms with Gasteiger partial charge in [-0.25, -0.2) is 4.79 Å². The van der Waals surface area contributed by atoms with Crippen LogP contribution >= 0.6 is 0 Å². The number of carbonyl (C=O) groups is 1. The van der Waals surface area contributed by atoms with Gasteiger partial charge in [-0.3, -0.25) is 0 Å². The van der Waals surface area contributed by atoms with Crippen LogP contribution in [0.5, 0.6) is 0 Å². The molecule has 0 aliphatic heterocycles. The molecule has 0 unspecified atom stereocenters. The van der Waals surface area contributed by atoms with Crippen LogP contribution in [0, 0.1) is 13.8 Å². The Labute approximate surface area is 91.3 Å². The van der Waals surface area contributed by atoms with Gasteiger partial charge in [-0.1, -0.05) is 5.46 Å². The zero-order valence-corrected chi connectivity index (χ0v) is 9.47. The van der Waals surface area contributed by atoms with E-state index in [2.05, 4.69) is 4.74 Å². The summed E-state index contributed by atoms with van der Waals surface area (Å²) in [6.45, 7) is -2.42. The van der Waals surface area contributed by atoms with E-state index in [4.69, 9.17) is 0 Å². The molecule has 0 spiro atoms. The minimum atomic E-state index is -5.22. The molecule has 90 valence electrons. The van der Waals surface area contributed by atoms with Crippen molar-refractivity contribution in [2.75, 3.05) is 7.11 Å². The van der Waals surface area contributed by atoms with E-state index in [-0.39, 0.29) is 17.0 Å². The van der Waals surface area contributed by atoms with Crippen LogP contribution in [0.15, 0.2) is 0 Å². The number of esters is 1. The highest BCUT2D eigenvalue weighted by atomic mass is 19.4. The van der Waals surface area contributed by atoms with Gasteiger partial charge >= 0.3 is 12.9 Å². The third-order valence-electron chi connectivity index (χ3n) is 2.74. The van der Waals surface area contributed by atoms with Crippen molar-refractivity contribution in [3.63, 3.8) is 0 Å². The second-order valence-electron chi connectivity index (χ2n) is 3.58. The fraction of sp³-hybridized carbons (Fsp3) is 0.444. The third kappa shape index (κ3) is 1.81. The number of halogens is 3. The second-order valence-corrected chi connectivity index (χ2v) is 3.58. The molecule has 1 rings (SSSR count). The van der Waals surface area contributed by atoms with Crippen LogP contribution in [0.2, 0.25) is 0 Å². The van der Waals surface area contributed by atoms with Crippen LogP contribution in [0.3, 0.4) is 0 Å². The largest absolute Gasteiger partial charge is 0.512 e. The molecule has 0 fully saturated rings. The van der Waals surface area contributed by atoms with Crippen molar-refractivity contribution in [3.8, 4) is 0 Å². The maximum Gasteiger partial charge on any atom is 0.512 e. The molecule has 1 heterocycles. The molecular formula is C9H12BF3NO2-. The average Bonchev–Trinajstić information content (AvgIpc) is 2.40. The zero-order valence-electron chi connectivity index (χ0n) is 9.47. The molecule has 0 aliphatic carbocycles. The SMILES string of the molecule is COC(=O)c1c([B-](F)(F)F)c(C)n(C)c1C. The summed E-state index contributed by atoms with van der Waals surface area (Å²) in [4.78, 5) is 11.3. The number of nitrogens with zero attached hydrogens (tertiary/aromatic N) is 1. The Morgan fingerprint density at radius 1 is 1.25 bits per heavy atom. The monoisotopic (exact) mass is 234 g/mol. The number of carbonyl (C=O) groups excluding carboxylic acids is 1. The summed E-state index contributed by atoms with van der Waals surface area (Å²) >= 11 is 0. The maximum atomic E-state index is 12.8. The second kappa shape index (κ2) is 3.88. The first-order chi connectivity index (χ1) is 7.21. The predicted octanol–water partition coefficient (Wildman–Crippen LogP) is 1.48. The van der Waals surface area contributed by atoms with Crippen molar-refractivity contribution in [2.45, 2.75) is 13.8 Å². The fourth-order valence-corrected chi connectivity index (χ4v) is 1.74. The maximum absolute atomic E-state index is 12.8. The molecule has 0 saturated carbocycles. The molecule has 1 aromatic rings. The first-order valence-electron chi connectivity index (χ1n) is 4.65. The van der Waals surface area contributed by atoms with Gasteiger partial charge in [0, 0.05) is 12.7 Å². The van der Waals surface area contributed by atoms with Gasteiger partial charge in [-0.05, 0) is 19.5 Å². The molecule has 0 atom stereocenters. The molecule has 1 aromatic heterocycles.